The van der Waals surface area contributed by atoms with Crippen LogP contribution in [0.3, 0.4) is 0 Å². The predicted molar refractivity (Wildman–Crippen MR) is 115 cm³/mol. The molecule has 166 valence electrons. The first-order chi connectivity index (χ1) is 15.1. The molecular weight excluding hydrogens is 443 g/mol. The summed E-state index contributed by atoms with van der Waals surface area (Å²) in [7, 11) is 1.81. The maximum atomic E-state index is 13.3. The van der Waals surface area contributed by atoms with Crippen LogP contribution >= 0.6 is 11.6 Å². The zero-order valence-electron chi connectivity index (χ0n) is 17.2. The molecule has 0 spiro atoms. The molecule has 0 aliphatic heterocycles. The maximum Gasteiger partial charge on any atom is 0.435 e. The van der Waals surface area contributed by atoms with Gasteiger partial charge in [0.25, 0.3) is 0 Å². The van der Waals surface area contributed by atoms with E-state index in [1.54, 1.807) is 36.0 Å². The van der Waals surface area contributed by atoms with Crippen LogP contribution in [0.4, 0.5) is 13.2 Å². The Morgan fingerprint density at radius 2 is 1.94 bits per heavy atom. The number of carbonyl (C=O) groups is 1. The highest BCUT2D eigenvalue weighted by Gasteiger charge is 2.35. The van der Waals surface area contributed by atoms with Gasteiger partial charge in [-0.3, -0.25) is 9.48 Å². The lowest BCUT2D eigenvalue weighted by Crippen LogP contribution is -2.28. The first-order valence-corrected chi connectivity index (χ1v) is 10.1. The minimum Gasteiger partial charge on any atom is -0.350 e. The highest BCUT2D eigenvalue weighted by Crippen LogP contribution is 2.30. The van der Waals surface area contributed by atoms with Crippen LogP contribution in [0, 0.1) is 0 Å². The Morgan fingerprint density at radius 3 is 2.66 bits per heavy atom. The fraction of sp³-hybridized carbons (Fsp3) is 0.227. The van der Waals surface area contributed by atoms with E-state index in [9.17, 15) is 18.0 Å². The van der Waals surface area contributed by atoms with Crippen molar-refractivity contribution in [3.8, 4) is 5.69 Å². The van der Waals surface area contributed by atoms with Crippen molar-refractivity contribution in [1.82, 2.24) is 24.9 Å². The molecule has 32 heavy (non-hydrogen) atoms. The van der Waals surface area contributed by atoms with Gasteiger partial charge in [0.15, 0.2) is 5.69 Å². The van der Waals surface area contributed by atoms with E-state index in [1.807, 2.05) is 25.2 Å². The van der Waals surface area contributed by atoms with Gasteiger partial charge in [0.05, 0.1) is 35.6 Å². The fourth-order valence-corrected chi connectivity index (χ4v) is 3.75. The molecule has 4 aromatic rings. The van der Waals surface area contributed by atoms with Gasteiger partial charge in [0.1, 0.15) is 0 Å². The van der Waals surface area contributed by atoms with Crippen molar-refractivity contribution < 1.29 is 18.0 Å². The lowest BCUT2D eigenvalue weighted by Gasteiger charge is -2.14. The quantitative estimate of drug-likeness (QED) is 0.462. The van der Waals surface area contributed by atoms with Crippen molar-refractivity contribution in [3.05, 3.63) is 76.7 Å². The van der Waals surface area contributed by atoms with Gasteiger partial charge in [0, 0.05) is 17.5 Å². The second-order valence-corrected chi connectivity index (χ2v) is 7.83. The van der Waals surface area contributed by atoms with Crippen molar-refractivity contribution in [2.45, 2.75) is 25.6 Å². The van der Waals surface area contributed by atoms with Gasteiger partial charge in [-0.1, -0.05) is 29.8 Å². The summed E-state index contributed by atoms with van der Waals surface area (Å²) < 4.78 is 42.7. The summed E-state index contributed by atoms with van der Waals surface area (Å²) in [5.41, 5.74) is 1.17. The van der Waals surface area contributed by atoms with Crippen LogP contribution in [0.1, 0.15) is 29.8 Å². The number of aryl methyl sites for hydroxylation is 1. The number of fused-ring (bicyclic) bond motifs is 1. The highest BCUT2D eigenvalue weighted by atomic mass is 35.5. The molecule has 0 aliphatic rings. The second-order valence-electron chi connectivity index (χ2n) is 7.40. The molecule has 6 nitrogen and oxygen atoms in total. The number of hydrogen-bond donors (Lipinski definition) is 1. The average Bonchev–Trinajstić information content (AvgIpc) is 3.35. The Labute approximate surface area is 186 Å². The van der Waals surface area contributed by atoms with Crippen molar-refractivity contribution in [3.63, 3.8) is 0 Å². The molecule has 0 bridgehead atoms. The average molecular weight is 462 g/mol. The van der Waals surface area contributed by atoms with E-state index >= 15 is 0 Å². The monoisotopic (exact) mass is 461 g/mol. The molecule has 2 aromatic carbocycles. The molecule has 0 fully saturated rings. The Kier molecular flexibility index (Phi) is 5.68. The molecule has 2 aromatic heterocycles. The molecule has 2 heterocycles. The van der Waals surface area contributed by atoms with Crippen LogP contribution in [-0.4, -0.2) is 25.5 Å². The second kappa shape index (κ2) is 8.31. The van der Waals surface area contributed by atoms with Crippen LogP contribution in [0.25, 0.3) is 16.6 Å². The molecule has 1 unspecified atom stereocenters. The van der Waals surface area contributed by atoms with Gasteiger partial charge in [-0.15, -0.1) is 0 Å². The molecule has 1 atom stereocenters. The third-order valence-electron chi connectivity index (χ3n) is 5.26. The van der Waals surface area contributed by atoms with E-state index in [0.29, 0.717) is 10.7 Å². The summed E-state index contributed by atoms with van der Waals surface area (Å²) >= 11 is 5.99. The van der Waals surface area contributed by atoms with Crippen LogP contribution in [0.15, 0.2) is 54.7 Å². The number of alkyl halides is 3. The standard InChI is InChI=1S/C22H19ClF3N5O/c1-13(17-7-4-8-19-18(17)12-28-30(19)2)21(32)27-11-16-10-20(22(24,25)26)29-31(16)15-6-3-5-14(23)9-15/h3-10,12-13H,11H2,1-2H3,(H,27,32). The first-order valence-electron chi connectivity index (χ1n) is 9.75. The summed E-state index contributed by atoms with van der Waals surface area (Å²) in [5, 5.41) is 11.9. The minimum absolute atomic E-state index is 0.137. The number of carbonyl (C=O) groups excluding carboxylic acids is 1. The Hall–Kier alpha value is -3.33. The molecule has 10 heteroatoms. The summed E-state index contributed by atoms with van der Waals surface area (Å²) in [6.45, 7) is 1.61. The SMILES string of the molecule is CC(C(=O)NCc1cc(C(F)(F)F)nn1-c1cccc(Cl)c1)c1cccc2c1cnn2C. The summed E-state index contributed by atoms with van der Waals surface area (Å²) in [6.07, 6.45) is -2.93. The molecule has 1 N–H and O–H groups in total. The fourth-order valence-electron chi connectivity index (χ4n) is 3.57. The van der Waals surface area contributed by atoms with Gasteiger partial charge >= 0.3 is 6.18 Å². The van der Waals surface area contributed by atoms with Crippen LogP contribution in [0.2, 0.25) is 5.02 Å². The topological polar surface area (TPSA) is 64.7 Å². The normalized spacial score (nSPS) is 12.8. The molecule has 4 rings (SSSR count). The predicted octanol–water partition coefficient (Wildman–Crippen LogP) is 4.85. The summed E-state index contributed by atoms with van der Waals surface area (Å²) in [6, 6.07) is 12.8. The van der Waals surface area contributed by atoms with Gasteiger partial charge < -0.3 is 5.32 Å². The molecule has 0 saturated heterocycles. The largest absolute Gasteiger partial charge is 0.435 e. The number of aromatic nitrogens is 4. The number of amides is 1. The van der Waals surface area contributed by atoms with Gasteiger partial charge in [-0.05, 0) is 42.8 Å². The van der Waals surface area contributed by atoms with Crippen molar-refractivity contribution in [2.75, 3.05) is 0 Å². The van der Waals surface area contributed by atoms with E-state index < -0.39 is 17.8 Å². The van der Waals surface area contributed by atoms with E-state index in [0.717, 1.165) is 27.2 Å². The molecule has 0 saturated carbocycles. The minimum atomic E-state index is -4.62. The smallest absolute Gasteiger partial charge is 0.350 e. The van der Waals surface area contributed by atoms with Gasteiger partial charge in [-0.2, -0.15) is 23.4 Å². The first kappa shape index (κ1) is 21.9. The van der Waals surface area contributed by atoms with Crippen LogP contribution < -0.4 is 5.32 Å². The maximum absolute atomic E-state index is 13.3. The molecular formula is C22H19ClF3N5O. The van der Waals surface area contributed by atoms with Crippen molar-refractivity contribution >= 4 is 28.4 Å². The van der Waals surface area contributed by atoms with Crippen LogP contribution in [0.5, 0.6) is 0 Å². The summed E-state index contributed by atoms with van der Waals surface area (Å²) in [5.74, 6) is -0.860. The Balaban J connectivity index is 1.60. The zero-order valence-corrected chi connectivity index (χ0v) is 17.9. The molecule has 1 amide bonds. The van der Waals surface area contributed by atoms with Crippen molar-refractivity contribution in [2.24, 2.45) is 7.05 Å². The van der Waals surface area contributed by atoms with Crippen LogP contribution in [-0.2, 0) is 24.6 Å². The number of nitrogens with zero attached hydrogens (tertiary/aromatic N) is 4. The summed E-state index contributed by atoms with van der Waals surface area (Å²) in [4.78, 5) is 12.9. The Morgan fingerprint density at radius 1 is 1.19 bits per heavy atom. The van der Waals surface area contributed by atoms with E-state index in [1.165, 1.54) is 6.07 Å². The molecule has 0 aliphatic carbocycles. The molecule has 0 radical (unpaired) electrons. The van der Waals surface area contributed by atoms with Crippen molar-refractivity contribution in [1.29, 1.82) is 0 Å². The number of benzene rings is 2. The van der Waals surface area contributed by atoms with E-state index in [4.69, 9.17) is 11.6 Å². The zero-order chi connectivity index (χ0) is 23.0. The van der Waals surface area contributed by atoms with E-state index in [-0.39, 0.29) is 18.1 Å². The number of rotatable bonds is 5. The third-order valence-corrected chi connectivity index (χ3v) is 5.49. The van der Waals surface area contributed by atoms with Gasteiger partial charge in [-0.25, -0.2) is 4.68 Å². The lowest BCUT2D eigenvalue weighted by molar-refractivity contribution is -0.141. The number of halogens is 4. The number of nitrogens with one attached hydrogen (secondary N) is 1. The lowest BCUT2D eigenvalue weighted by atomic mass is 9.97. The van der Waals surface area contributed by atoms with Gasteiger partial charge in [0.2, 0.25) is 5.91 Å². The number of hydrogen-bond acceptors (Lipinski definition) is 3. The van der Waals surface area contributed by atoms with E-state index in [2.05, 4.69) is 15.5 Å². The third kappa shape index (κ3) is 4.20. The highest BCUT2D eigenvalue weighted by molar-refractivity contribution is 6.30. The Bertz CT molecular complexity index is 1290.